The molecule has 0 unspecified atom stereocenters. The number of rotatable bonds is 6. The van der Waals surface area contributed by atoms with Crippen molar-refractivity contribution < 1.29 is 9.32 Å². The number of aryl methyl sites for hydroxylation is 2. The molecule has 1 amide bonds. The van der Waals surface area contributed by atoms with Gasteiger partial charge in [0.25, 0.3) is 0 Å². The van der Waals surface area contributed by atoms with Crippen molar-refractivity contribution in [3.63, 3.8) is 0 Å². The van der Waals surface area contributed by atoms with Crippen LogP contribution in [0.5, 0.6) is 0 Å². The quantitative estimate of drug-likeness (QED) is 0.600. The van der Waals surface area contributed by atoms with Crippen LogP contribution in [-0.4, -0.2) is 49.1 Å². The molecule has 0 saturated carbocycles. The van der Waals surface area contributed by atoms with Gasteiger partial charge in [-0.1, -0.05) is 12.1 Å². The van der Waals surface area contributed by atoms with Gasteiger partial charge in [-0.25, -0.2) is 4.99 Å². The van der Waals surface area contributed by atoms with E-state index >= 15 is 0 Å². The number of aliphatic imine (C=N–C) groups is 1. The van der Waals surface area contributed by atoms with E-state index < -0.39 is 0 Å². The van der Waals surface area contributed by atoms with Crippen molar-refractivity contribution in [1.82, 2.24) is 20.7 Å². The first kappa shape index (κ1) is 17.0. The molecule has 0 aromatic carbocycles. The largest absolute Gasteiger partial charge is 0.361 e. The number of amides is 1. The van der Waals surface area contributed by atoms with Gasteiger partial charge in [0.1, 0.15) is 5.76 Å². The summed E-state index contributed by atoms with van der Waals surface area (Å²) in [6.45, 7) is 7.31. The summed E-state index contributed by atoms with van der Waals surface area (Å²) in [7, 11) is 3.45. The van der Waals surface area contributed by atoms with Crippen molar-refractivity contribution >= 4 is 11.9 Å². The number of nitrogens with one attached hydrogen (secondary N) is 2. The summed E-state index contributed by atoms with van der Waals surface area (Å²) in [5.74, 6) is 1.39. The topological polar surface area (TPSA) is 82.8 Å². The third-order valence-electron chi connectivity index (χ3n) is 3.02. The summed E-state index contributed by atoms with van der Waals surface area (Å²) >= 11 is 0. The van der Waals surface area contributed by atoms with E-state index in [1.54, 1.807) is 19.0 Å². The average Bonchev–Trinajstić information content (AvgIpc) is 2.77. The van der Waals surface area contributed by atoms with Gasteiger partial charge >= 0.3 is 0 Å². The molecule has 118 valence electrons. The molecule has 0 atom stereocenters. The molecule has 1 rings (SSSR count). The standard InChI is InChI=1S/C14H25N5O2/c1-6-7-15-14(17-9-13(20)19(4)5)16-8-12-10(2)18-21-11(12)3/h6-9H2,1-5H3,(H2,15,16,17). The number of guanidine groups is 1. The zero-order valence-electron chi connectivity index (χ0n) is 13.5. The Morgan fingerprint density at radius 2 is 2.05 bits per heavy atom. The zero-order chi connectivity index (χ0) is 15.8. The SMILES string of the molecule is CCCNC(=NCc1c(C)noc1C)NCC(=O)N(C)C. The molecular formula is C14H25N5O2. The lowest BCUT2D eigenvalue weighted by molar-refractivity contribution is -0.127. The smallest absolute Gasteiger partial charge is 0.241 e. The Morgan fingerprint density at radius 1 is 1.33 bits per heavy atom. The molecule has 7 heteroatoms. The second kappa shape index (κ2) is 8.28. The average molecular weight is 295 g/mol. The first-order valence-electron chi connectivity index (χ1n) is 7.09. The Labute approximate surface area is 125 Å². The first-order chi connectivity index (χ1) is 9.95. The van der Waals surface area contributed by atoms with Crippen LogP contribution in [0, 0.1) is 13.8 Å². The second-order valence-electron chi connectivity index (χ2n) is 5.04. The summed E-state index contributed by atoms with van der Waals surface area (Å²) in [5, 5.41) is 10.1. The molecule has 0 aliphatic rings. The van der Waals surface area contributed by atoms with Crippen LogP contribution in [0.4, 0.5) is 0 Å². The van der Waals surface area contributed by atoms with Gasteiger partial charge < -0.3 is 20.1 Å². The number of carbonyl (C=O) groups is 1. The van der Waals surface area contributed by atoms with Gasteiger partial charge in [0.15, 0.2) is 5.96 Å². The van der Waals surface area contributed by atoms with E-state index in [0.29, 0.717) is 12.5 Å². The van der Waals surface area contributed by atoms with Crippen molar-refractivity contribution in [3.05, 3.63) is 17.0 Å². The zero-order valence-corrected chi connectivity index (χ0v) is 13.5. The molecule has 1 heterocycles. The fourth-order valence-corrected chi connectivity index (χ4v) is 1.62. The summed E-state index contributed by atoms with van der Waals surface area (Å²) in [4.78, 5) is 17.6. The summed E-state index contributed by atoms with van der Waals surface area (Å²) in [6, 6.07) is 0. The van der Waals surface area contributed by atoms with Crippen molar-refractivity contribution in [2.45, 2.75) is 33.7 Å². The Bertz CT molecular complexity index is 474. The molecule has 7 nitrogen and oxygen atoms in total. The summed E-state index contributed by atoms with van der Waals surface area (Å²) in [5.41, 5.74) is 1.82. The van der Waals surface area contributed by atoms with E-state index in [-0.39, 0.29) is 12.5 Å². The molecule has 0 radical (unpaired) electrons. The van der Waals surface area contributed by atoms with E-state index in [1.807, 2.05) is 13.8 Å². The lowest BCUT2D eigenvalue weighted by atomic mass is 10.2. The maximum Gasteiger partial charge on any atom is 0.241 e. The molecule has 21 heavy (non-hydrogen) atoms. The Kier molecular flexibility index (Phi) is 6.71. The van der Waals surface area contributed by atoms with Crippen LogP contribution in [0.2, 0.25) is 0 Å². The van der Waals surface area contributed by atoms with Gasteiger partial charge in [0.2, 0.25) is 5.91 Å². The monoisotopic (exact) mass is 295 g/mol. The maximum absolute atomic E-state index is 11.6. The van der Waals surface area contributed by atoms with Gasteiger partial charge in [-0.15, -0.1) is 0 Å². The maximum atomic E-state index is 11.6. The van der Waals surface area contributed by atoms with Gasteiger partial charge in [-0.3, -0.25) is 4.79 Å². The lowest BCUT2D eigenvalue weighted by Gasteiger charge is -2.14. The van der Waals surface area contributed by atoms with Crippen molar-refractivity contribution in [2.24, 2.45) is 4.99 Å². The van der Waals surface area contributed by atoms with Crippen LogP contribution < -0.4 is 10.6 Å². The van der Waals surface area contributed by atoms with E-state index in [1.165, 1.54) is 0 Å². The van der Waals surface area contributed by atoms with Crippen molar-refractivity contribution in [3.8, 4) is 0 Å². The number of hydrogen-bond acceptors (Lipinski definition) is 4. The molecule has 1 aromatic heterocycles. The highest BCUT2D eigenvalue weighted by Gasteiger charge is 2.09. The molecule has 0 spiro atoms. The molecule has 0 bridgehead atoms. The number of likely N-dealkylation sites (N-methyl/N-ethyl adjacent to an activating group) is 1. The molecule has 0 fully saturated rings. The lowest BCUT2D eigenvalue weighted by Crippen LogP contribution is -2.43. The van der Waals surface area contributed by atoms with E-state index in [4.69, 9.17) is 4.52 Å². The molecule has 2 N–H and O–H groups in total. The first-order valence-corrected chi connectivity index (χ1v) is 7.09. The van der Waals surface area contributed by atoms with Crippen molar-refractivity contribution in [1.29, 1.82) is 0 Å². The highest BCUT2D eigenvalue weighted by atomic mass is 16.5. The predicted molar refractivity (Wildman–Crippen MR) is 82.1 cm³/mol. The number of nitrogens with zero attached hydrogens (tertiary/aromatic N) is 3. The van der Waals surface area contributed by atoms with Crippen molar-refractivity contribution in [2.75, 3.05) is 27.2 Å². The molecule has 0 aliphatic carbocycles. The van der Waals surface area contributed by atoms with Crippen LogP contribution in [-0.2, 0) is 11.3 Å². The molecular weight excluding hydrogens is 270 g/mol. The second-order valence-corrected chi connectivity index (χ2v) is 5.04. The van der Waals surface area contributed by atoms with E-state index in [0.717, 1.165) is 30.0 Å². The Hall–Kier alpha value is -2.05. The highest BCUT2D eigenvalue weighted by Crippen LogP contribution is 2.12. The molecule has 1 aromatic rings. The van der Waals surface area contributed by atoms with Gasteiger partial charge in [0, 0.05) is 26.2 Å². The summed E-state index contributed by atoms with van der Waals surface area (Å²) < 4.78 is 5.12. The Balaban J connectivity index is 2.67. The minimum atomic E-state index is -0.00154. The third-order valence-corrected chi connectivity index (χ3v) is 3.02. The predicted octanol–water partition coefficient (Wildman–Crippen LogP) is 0.825. The minimum Gasteiger partial charge on any atom is -0.361 e. The number of carbonyl (C=O) groups excluding carboxylic acids is 1. The van der Waals surface area contributed by atoms with Gasteiger partial charge in [0.05, 0.1) is 18.8 Å². The van der Waals surface area contributed by atoms with Crippen LogP contribution in [0.3, 0.4) is 0 Å². The van der Waals surface area contributed by atoms with E-state index in [9.17, 15) is 4.79 Å². The molecule has 0 saturated heterocycles. The van der Waals surface area contributed by atoms with Crippen LogP contribution in [0.1, 0.15) is 30.4 Å². The number of hydrogen-bond donors (Lipinski definition) is 2. The van der Waals surface area contributed by atoms with Crippen LogP contribution in [0.25, 0.3) is 0 Å². The fraction of sp³-hybridized carbons (Fsp3) is 0.643. The molecule has 0 aliphatic heterocycles. The summed E-state index contributed by atoms with van der Waals surface area (Å²) in [6.07, 6.45) is 0.980. The minimum absolute atomic E-state index is 0.00154. The number of aromatic nitrogens is 1. The van der Waals surface area contributed by atoms with Gasteiger partial charge in [-0.05, 0) is 20.3 Å². The van der Waals surface area contributed by atoms with E-state index in [2.05, 4.69) is 27.7 Å². The highest BCUT2D eigenvalue weighted by molar-refractivity contribution is 5.86. The normalized spacial score (nSPS) is 11.4. The van der Waals surface area contributed by atoms with Crippen LogP contribution >= 0.6 is 0 Å². The van der Waals surface area contributed by atoms with Gasteiger partial charge in [-0.2, -0.15) is 0 Å². The van der Waals surface area contributed by atoms with Crippen LogP contribution in [0.15, 0.2) is 9.52 Å². The fourth-order valence-electron chi connectivity index (χ4n) is 1.62. The Morgan fingerprint density at radius 3 is 2.57 bits per heavy atom. The third kappa shape index (κ3) is 5.45.